The van der Waals surface area contributed by atoms with Crippen LogP contribution in [0.5, 0.6) is 0 Å². The number of nitrogens with zero attached hydrogens (tertiary/aromatic N) is 2. The number of aryl methyl sites for hydroxylation is 1. The number of benzene rings is 1. The van der Waals surface area contributed by atoms with E-state index in [4.69, 9.17) is 0 Å². The van der Waals surface area contributed by atoms with E-state index in [-0.39, 0.29) is 0 Å². The SMILES string of the molecule is Cc1nc2ccc(C(=O)O)cc2n1C1C2C3CCC(C3)C21. The molecule has 108 valence electrons. The largest absolute Gasteiger partial charge is 0.478 e. The summed E-state index contributed by atoms with van der Waals surface area (Å²) in [5.41, 5.74) is 2.29. The van der Waals surface area contributed by atoms with Gasteiger partial charge in [0.25, 0.3) is 0 Å². The lowest BCUT2D eigenvalue weighted by molar-refractivity contribution is 0.0697. The van der Waals surface area contributed by atoms with Crippen LogP contribution in [0.15, 0.2) is 18.2 Å². The van der Waals surface area contributed by atoms with Crippen LogP contribution in [-0.2, 0) is 0 Å². The van der Waals surface area contributed by atoms with E-state index < -0.39 is 5.97 Å². The lowest BCUT2D eigenvalue weighted by atomic mass is 10.0. The summed E-state index contributed by atoms with van der Waals surface area (Å²) in [6.07, 6.45) is 4.22. The van der Waals surface area contributed by atoms with Crippen molar-refractivity contribution in [3.8, 4) is 0 Å². The average Bonchev–Trinajstić information content (AvgIpc) is 2.81. The Bertz CT molecular complexity index is 762. The Hall–Kier alpha value is -1.84. The van der Waals surface area contributed by atoms with Gasteiger partial charge < -0.3 is 9.67 Å². The summed E-state index contributed by atoms with van der Waals surface area (Å²) in [4.78, 5) is 15.9. The molecule has 2 bridgehead atoms. The number of carboxylic acid groups (broad SMARTS) is 1. The Morgan fingerprint density at radius 3 is 2.67 bits per heavy atom. The molecule has 1 aromatic carbocycles. The molecule has 0 spiro atoms. The number of fused-ring (bicyclic) bond motifs is 6. The van der Waals surface area contributed by atoms with Crippen molar-refractivity contribution in [1.29, 1.82) is 0 Å². The number of aromatic carboxylic acids is 1. The third-order valence-corrected chi connectivity index (χ3v) is 6.11. The van der Waals surface area contributed by atoms with Gasteiger partial charge in [-0.25, -0.2) is 9.78 Å². The molecule has 1 heterocycles. The zero-order valence-electron chi connectivity index (χ0n) is 12.0. The summed E-state index contributed by atoms with van der Waals surface area (Å²) in [6.45, 7) is 2.05. The zero-order chi connectivity index (χ0) is 14.3. The van der Waals surface area contributed by atoms with Gasteiger partial charge in [0.2, 0.25) is 0 Å². The van der Waals surface area contributed by atoms with Crippen LogP contribution < -0.4 is 0 Å². The molecule has 3 aliphatic carbocycles. The summed E-state index contributed by atoms with van der Waals surface area (Å²) in [5.74, 6) is 3.64. The normalized spacial score (nSPS) is 36.1. The number of carbonyl (C=O) groups is 1. The summed E-state index contributed by atoms with van der Waals surface area (Å²) in [7, 11) is 0. The average molecular weight is 282 g/mol. The molecule has 2 aromatic rings. The molecule has 4 nitrogen and oxygen atoms in total. The molecule has 4 atom stereocenters. The first-order valence-electron chi connectivity index (χ1n) is 7.87. The second-order valence-electron chi connectivity index (χ2n) is 7.02. The van der Waals surface area contributed by atoms with Crippen LogP contribution in [-0.4, -0.2) is 20.6 Å². The maximum atomic E-state index is 11.2. The molecule has 3 saturated carbocycles. The maximum absolute atomic E-state index is 11.2. The fourth-order valence-corrected chi connectivity index (χ4v) is 5.35. The topological polar surface area (TPSA) is 55.1 Å². The maximum Gasteiger partial charge on any atom is 0.335 e. The van der Waals surface area contributed by atoms with E-state index in [1.54, 1.807) is 12.1 Å². The van der Waals surface area contributed by atoms with E-state index in [9.17, 15) is 9.90 Å². The molecule has 1 N–H and O–H groups in total. The first-order chi connectivity index (χ1) is 10.1. The van der Waals surface area contributed by atoms with Crippen molar-refractivity contribution in [2.75, 3.05) is 0 Å². The molecule has 4 heteroatoms. The molecule has 0 radical (unpaired) electrons. The Morgan fingerprint density at radius 2 is 2.00 bits per heavy atom. The number of aromatic nitrogens is 2. The number of imidazole rings is 1. The van der Waals surface area contributed by atoms with Crippen LogP contribution in [0.2, 0.25) is 0 Å². The van der Waals surface area contributed by atoms with E-state index in [1.807, 2.05) is 6.07 Å². The summed E-state index contributed by atoms with van der Waals surface area (Å²) < 4.78 is 2.33. The number of rotatable bonds is 2. The van der Waals surface area contributed by atoms with Gasteiger partial charge in [0.05, 0.1) is 16.6 Å². The van der Waals surface area contributed by atoms with Crippen molar-refractivity contribution in [2.24, 2.45) is 23.7 Å². The minimum Gasteiger partial charge on any atom is -0.478 e. The van der Waals surface area contributed by atoms with Gasteiger partial charge in [0.1, 0.15) is 5.82 Å². The number of carboxylic acids is 1. The monoisotopic (exact) mass is 282 g/mol. The highest BCUT2D eigenvalue weighted by molar-refractivity contribution is 5.92. The predicted molar refractivity (Wildman–Crippen MR) is 78.3 cm³/mol. The van der Waals surface area contributed by atoms with E-state index in [1.165, 1.54) is 19.3 Å². The minimum absolute atomic E-state index is 0.359. The standard InChI is InChI=1S/C17H18N2O2/c1-8-18-12-5-4-11(17(20)21)7-13(12)19(8)16-14-9-2-3-10(6-9)15(14)16/h4-5,7,9-10,14-16H,2-3,6H2,1H3,(H,20,21). The molecule has 0 amide bonds. The number of hydrogen-bond acceptors (Lipinski definition) is 2. The molecule has 3 aliphatic rings. The van der Waals surface area contributed by atoms with Gasteiger partial charge in [0, 0.05) is 6.04 Å². The van der Waals surface area contributed by atoms with Crippen LogP contribution in [0.1, 0.15) is 41.5 Å². The predicted octanol–water partition coefficient (Wildman–Crippen LogP) is 3.26. The first kappa shape index (κ1) is 11.8. The minimum atomic E-state index is -0.863. The molecule has 0 aliphatic heterocycles. The summed E-state index contributed by atoms with van der Waals surface area (Å²) >= 11 is 0. The van der Waals surface area contributed by atoms with Gasteiger partial charge in [0.15, 0.2) is 0 Å². The van der Waals surface area contributed by atoms with E-state index in [0.717, 1.165) is 40.5 Å². The molecule has 1 aromatic heterocycles. The van der Waals surface area contributed by atoms with Crippen molar-refractivity contribution >= 4 is 17.0 Å². The van der Waals surface area contributed by atoms with Crippen molar-refractivity contribution in [1.82, 2.24) is 9.55 Å². The molecular formula is C17H18N2O2. The first-order valence-corrected chi connectivity index (χ1v) is 7.87. The van der Waals surface area contributed by atoms with Crippen molar-refractivity contribution < 1.29 is 9.90 Å². The van der Waals surface area contributed by atoms with Gasteiger partial charge in [-0.15, -0.1) is 0 Å². The van der Waals surface area contributed by atoms with Crippen LogP contribution in [0, 0.1) is 30.6 Å². The van der Waals surface area contributed by atoms with Gasteiger partial charge in [-0.2, -0.15) is 0 Å². The van der Waals surface area contributed by atoms with Crippen molar-refractivity contribution in [3.05, 3.63) is 29.6 Å². The molecule has 5 rings (SSSR count). The third-order valence-electron chi connectivity index (χ3n) is 6.11. The smallest absolute Gasteiger partial charge is 0.335 e. The van der Waals surface area contributed by atoms with Crippen LogP contribution in [0.25, 0.3) is 11.0 Å². The molecule has 0 saturated heterocycles. The molecule has 3 fully saturated rings. The van der Waals surface area contributed by atoms with Crippen LogP contribution in [0.3, 0.4) is 0 Å². The summed E-state index contributed by atoms with van der Waals surface area (Å²) in [6, 6.07) is 5.87. The Labute approximate surface area is 122 Å². The highest BCUT2D eigenvalue weighted by Crippen LogP contribution is 2.71. The van der Waals surface area contributed by atoms with Crippen LogP contribution >= 0.6 is 0 Å². The highest BCUT2D eigenvalue weighted by Gasteiger charge is 2.66. The lowest BCUT2D eigenvalue weighted by Gasteiger charge is -2.13. The van der Waals surface area contributed by atoms with Crippen LogP contribution in [0.4, 0.5) is 0 Å². The lowest BCUT2D eigenvalue weighted by Crippen LogP contribution is -2.07. The van der Waals surface area contributed by atoms with Gasteiger partial charge in [-0.05, 0) is 68.1 Å². The Balaban J connectivity index is 1.65. The fraction of sp³-hybridized carbons (Fsp3) is 0.529. The van der Waals surface area contributed by atoms with Gasteiger partial charge in [-0.3, -0.25) is 0 Å². The fourth-order valence-electron chi connectivity index (χ4n) is 5.35. The zero-order valence-corrected chi connectivity index (χ0v) is 12.0. The molecule has 21 heavy (non-hydrogen) atoms. The molecular weight excluding hydrogens is 264 g/mol. The second kappa shape index (κ2) is 3.67. The molecule has 4 unspecified atom stereocenters. The second-order valence-corrected chi connectivity index (χ2v) is 7.02. The Morgan fingerprint density at radius 1 is 1.29 bits per heavy atom. The van der Waals surface area contributed by atoms with Crippen molar-refractivity contribution in [3.63, 3.8) is 0 Å². The van der Waals surface area contributed by atoms with E-state index in [2.05, 4.69) is 16.5 Å². The van der Waals surface area contributed by atoms with E-state index >= 15 is 0 Å². The third kappa shape index (κ3) is 1.40. The highest BCUT2D eigenvalue weighted by atomic mass is 16.4. The van der Waals surface area contributed by atoms with Crippen molar-refractivity contribution in [2.45, 2.75) is 32.2 Å². The Kier molecular flexibility index (Phi) is 2.06. The quantitative estimate of drug-likeness (QED) is 0.919. The van der Waals surface area contributed by atoms with Gasteiger partial charge in [-0.1, -0.05) is 0 Å². The number of hydrogen-bond donors (Lipinski definition) is 1. The van der Waals surface area contributed by atoms with Gasteiger partial charge >= 0.3 is 5.97 Å². The summed E-state index contributed by atoms with van der Waals surface area (Å²) in [5, 5.41) is 9.22. The van der Waals surface area contributed by atoms with E-state index in [0.29, 0.717) is 11.6 Å².